The second-order valence-corrected chi connectivity index (χ2v) is 3.72. The van der Waals surface area contributed by atoms with E-state index >= 15 is 0 Å². The zero-order valence-corrected chi connectivity index (χ0v) is 11.2. The first kappa shape index (κ1) is 18.8. The van der Waals surface area contributed by atoms with Crippen molar-refractivity contribution < 1.29 is 29.2 Å². The van der Waals surface area contributed by atoms with Crippen molar-refractivity contribution in [3.05, 3.63) is 0 Å². The maximum absolute atomic E-state index is 9.96. The Bertz CT molecular complexity index is 193. The number of carbonyl (C=O) groups excluding carboxylic acids is 1. The van der Waals surface area contributed by atoms with Crippen molar-refractivity contribution >= 4 is 14.7 Å². The molecular formula is C10H21O6P. The molecule has 0 radical (unpaired) electrons. The lowest BCUT2D eigenvalue weighted by atomic mass is 9.95. The molecule has 0 aliphatic heterocycles. The Balaban J connectivity index is 0. The van der Waals surface area contributed by atoms with Crippen LogP contribution in [0.1, 0.15) is 45.4 Å². The van der Waals surface area contributed by atoms with Crippen molar-refractivity contribution in [3.8, 4) is 0 Å². The lowest BCUT2D eigenvalue weighted by Gasteiger charge is -2.25. The summed E-state index contributed by atoms with van der Waals surface area (Å²) in [4.78, 5) is 16.9. The Morgan fingerprint density at radius 3 is 1.82 bits per heavy atom. The fraction of sp³-hybridized carbons (Fsp3) is 0.900. The largest absolute Gasteiger partial charge is 0.469 e. The van der Waals surface area contributed by atoms with Crippen LogP contribution in [0.4, 0.5) is 0 Å². The third-order valence-corrected chi connectivity index (χ3v) is 2.17. The molecule has 0 aromatic heterocycles. The fourth-order valence-corrected chi connectivity index (χ4v) is 1.26. The summed E-state index contributed by atoms with van der Waals surface area (Å²) in [6.07, 6.45) is 4.68. The zero-order valence-electron chi connectivity index (χ0n) is 10.3. The van der Waals surface area contributed by atoms with Gasteiger partial charge in [0.1, 0.15) is 0 Å². The van der Waals surface area contributed by atoms with Crippen molar-refractivity contribution in [1.82, 2.24) is 0 Å². The van der Waals surface area contributed by atoms with Gasteiger partial charge in [0.05, 0.1) is 7.11 Å². The van der Waals surface area contributed by atoms with Crippen molar-refractivity contribution in [1.29, 1.82) is 0 Å². The van der Waals surface area contributed by atoms with E-state index in [9.17, 15) is 4.79 Å². The minimum absolute atomic E-state index is 0.157. The summed E-state index contributed by atoms with van der Waals surface area (Å²) >= 11 is 0. The molecule has 1 saturated carbocycles. The number of hydrogen-bond donors (Lipinski definition) is 3. The number of esters is 1. The van der Waals surface area contributed by atoms with Crippen LogP contribution in [0.15, 0.2) is 0 Å². The monoisotopic (exact) mass is 268 g/mol. The summed E-state index contributed by atoms with van der Waals surface area (Å²) < 4.78 is 12.7. The van der Waals surface area contributed by atoms with Crippen molar-refractivity contribution in [3.63, 3.8) is 0 Å². The fourth-order valence-electron chi connectivity index (χ4n) is 1.26. The number of rotatable bonds is 1. The zero-order chi connectivity index (χ0) is 13.7. The van der Waals surface area contributed by atoms with E-state index in [1.54, 1.807) is 6.92 Å². The summed E-state index contributed by atoms with van der Waals surface area (Å²) in [6, 6.07) is 0. The molecule has 0 atom stereocenters. The smallest absolute Gasteiger partial charge is 0.324 e. The van der Waals surface area contributed by atoms with Crippen LogP contribution < -0.4 is 0 Å². The van der Waals surface area contributed by atoms with Crippen LogP contribution in [-0.2, 0) is 14.1 Å². The minimum atomic E-state index is -1.32. The molecule has 0 heterocycles. The Morgan fingerprint density at radius 1 is 1.29 bits per heavy atom. The van der Waals surface area contributed by atoms with Gasteiger partial charge in [0, 0.05) is 19.3 Å². The van der Waals surface area contributed by atoms with Gasteiger partial charge in [0.15, 0.2) is 5.79 Å². The van der Waals surface area contributed by atoms with E-state index < -0.39 is 14.5 Å². The summed E-state index contributed by atoms with van der Waals surface area (Å²) in [6.45, 7) is 1.76. The van der Waals surface area contributed by atoms with Gasteiger partial charge >= 0.3 is 14.7 Å². The van der Waals surface area contributed by atoms with Gasteiger partial charge in [0.2, 0.25) is 0 Å². The van der Waals surface area contributed by atoms with E-state index in [1.165, 1.54) is 7.11 Å². The Morgan fingerprint density at radius 2 is 1.71 bits per heavy atom. The van der Waals surface area contributed by atoms with Gasteiger partial charge in [-0.1, -0.05) is 13.3 Å². The molecule has 1 aliphatic rings. The molecule has 102 valence electrons. The normalized spacial score (nSPS) is 17.0. The average Bonchev–Trinajstić information content (AvgIpc) is 2.29. The molecular weight excluding hydrogens is 247 g/mol. The van der Waals surface area contributed by atoms with E-state index in [2.05, 4.69) is 4.74 Å². The number of ether oxygens (including phenoxy) is 1. The second-order valence-electron chi connectivity index (χ2n) is 3.55. The van der Waals surface area contributed by atoms with Gasteiger partial charge in [0.25, 0.3) is 0 Å². The first-order valence-corrected chi connectivity index (χ1v) is 6.18. The van der Waals surface area contributed by atoms with E-state index in [0.717, 1.165) is 19.3 Å². The van der Waals surface area contributed by atoms with Gasteiger partial charge < -0.3 is 19.8 Å². The van der Waals surface area contributed by atoms with Crippen LogP contribution in [-0.4, -0.2) is 34.0 Å². The maximum Gasteiger partial charge on any atom is 0.324 e. The molecule has 1 fully saturated rings. The highest BCUT2D eigenvalue weighted by atomic mass is 31.1. The summed E-state index contributed by atoms with van der Waals surface area (Å²) in [5.74, 6) is -1.48. The first-order chi connectivity index (χ1) is 7.93. The van der Waals surface area contributed by atoms with Crippen LogP contribution in [0.25, 0.3) is 0 Å². The Hall–Kier alpha value is -0.550. The number of carbonyl (C=O) groups is 1. The highest BCUT2D eigenvalue weighted by Gasteiger charge is 2.24. The summed E-state index contributed by atoms with van der Waals surface area (Å²) in [5, 5.41) is 17.9. The lowest BCUT2D eigenvalue weighted by molar-refractivity contribution is -0.180. The molecule has 6 nitrogen and oxygen atoms in total. The molecule has 1 rings (SSSR count). The summed E-state index contributed by atoms with van der Waals surface area (Å²) in [7, 11) is 0.547. The molecule has 0 aromatic carbocycles. The highest BCUT2D eigenvalue weighted by molar-refractivity contribution is 7.16. The van der Waals surface area contributed by atoms with Crippen LogP contribution in [0.3, 0.4) is 0 Å². The van der Waals surface area contributed by atoms with Gasteiger partial charge in [-0.2, -0.15) is 0 Å². The number of methoxy groups -OCH3 is 1. The quantitative estimate of drug-likeness (QED) is 0.377. The SMILES string of the molecule is CCC(=O)OC.O=PO.OC1(O)CCCCC1. The van der Waals surface area contributed by atoms with E-state index in [0.29, 0.717) is 19.3 Å². The molecule has 0 unspecified atom stereocenters. The van der Waals surface area contributed by atoms with Crippen LogP contribution >= 0.6 is 8.69 Å². The van der Waals surface area contributed by atoms with E-state index in [4.69, 9.17) is 19.7 Å². The number of hydrogen-bond acceptors (Lipinski definition) is 5. The standard InChI is InChI=1S/C6H12O2.C4H8O2.HO2P/c7-6(8)4-2-1-3-5-6;1-3-4(5)6-2;1-3-2/h7-8H,1-5H2;3H2,1-2H3;(H,1,2). The van der Waals surface area contributed by atoms with Crippen molar-refractivity contribution in [2.24, 2.45) is 0 Å². The molecule has 0 aromatic rings. The molecule has 0 bridgehead atoms. The molecule has 0 amide bonds. The van der Waals surface area contributed by atoms with Crippen LogP contribution in [0.5, 0.6) is 0 Å². The van der Waals surface area contributed by atoms with Gasteiger partial charge in [-0.3, -0.25) is 4.79 Å². The van der Waals surface area contributed by atoms with E-state index in [-0.39, 0.29) is 5.97 Å². The number of aliphatic hydroxyl groups is 2. The van der Waals surface area contributed by atoms with Crippen LogP contribution in [0.2, 0.25) is 0 Å². The van der Waals surface area contributed by atoms with Gasteiger partial charge in [-0.05, 0) is 12.8 Å². The van der Waals surface area contributed by atoms with Gasteiger partial charge in [-0.25, -0.2) is 4.57 Å². The Labute approximate surface area is 103 Å². The first-order valence-electron chi connectivity index (χ1n) is 5.41. The molecule has 0 saturated heterocycles. The van der Waals surface area contributed by atoms with Crippen LogP contribution in [0, 0.1) is 0 Å². The van der Waals surface area contributed by atoms with Gasteiger partial charge in [-0.15, -0.1) is 0 Å². The molecule has 3 N–H and O–H groups in total. The summed E-state index contributed by atoms with van der Waals surface area (Å²) in [5.41, 5.74) is 0. The maximum atomic E-state index is 9.96. The second kappa shape index (κ2) is 11.9. The highest BCUT2D eigenvalue weighted by Crippen LogP contribution is 2.24. The lowest BCUT2D eigenvalue weighted by Crippen LogP contribution is -2.30. The minimum Gasteiger partial charge on any atom is -0.469 e. The molecule has 1 aliphatic carbocycles. The average molecular weight is 268 g/mol. The molecule has 17 heavy (non-hydrogen) atoms. The predicted molar refractivity (Wildman–Crippen MR) is 62.4 cm³/mol. The third kappa shape index (κ3) is 15.4. The third-order valence-electron chi connectivity index (χ3n) is 2.17. The van der Waals surface area contributed by atoms with E-state index in [1.807, 2.05) is 0 Å². The van der Waals surface area contributed by atoms with Crippen molar-refractivity contribution in [2.45, 2.75) is 51.2 Å². The topological polar surface area (TPSA) is 104 Å². The molecule has 7 heteroatoms. The Kier molecular flexibility index (Phi) is 13.2. The van der Waals surface area contributed by atoms with Crippen molar-refractivity contribution in [2.75, 3.05) is 7.11 Å². The molecule has 0 spiro atoms. The predicted octanol–water partition coefficient (Wildman–Crippen LogP) is 1.39.